The number of rotatable bonds is 6. The highest BCUT2D eigenvalue weighted by Crippen LogP contribution is 2.49. The standard InChI is InChI=1S/C25H46O4Si2/c1-17(2)21-22(28-30(10,11)24(3,4)5)20-16-18(26-9)14-15-19(20)23(27-21)29-31(12,13)25(6,7)8/h14-17,21-23H,1-13H3/t21-,22-,23+/m0/s1. The molecule has 1 aliphatic heterocycles. The van der Waals surface area contributed by atoms with Crippen molar-refractivity contribution in [2.24, 2.45) is 5.92 Å². The Labute approximate surface area is 193 Å². The van der Waals surface area contributed by atoms with E-state index in [1.807, 2.05) is 6.07 Å². The van der Waals surface area contributed by atoms with E-state index in [2.05, 4.69) is 93.7 Å². The second-order valence-corrected chi connectivity index (χ2v) is 21.9. The van der Waals surface area contributed by atoms with E-state index in [-0.39, 0.29) is 28.6 Å². The minimum atomic E-state index is -2.03. The highest BCUT2D eigenvalue weighted by atomic mass is 28.4. The largest absolute Gasteiger partial charge is 0.497 e. The lowest BCUT2D eigenvalue weighted by atomic mass is 9.89. The van der Waals surface area contributed by atoms with E-state index in [9.17, 15) is 0 Å². The molecule has 4 nitrogen and oxygen atoms in total. The van der Waals surface area contributed by atoms with Gasteiger partial charge in [0.05, 0.1) is 19.3 Å². The molecule has 0 radical (unpaired) electrons. The van der Waals surface area contributed by atoms with Crippen LogP contribution in [0.5, 0.6) is 5.75 Å². The predicted molar refractivity (Wildman–Crippen MR) is 135 cm³/mol. The zero-order valence-corrected chi connectivity index (χ0v) is 24.2. The SMILES string of the molecule is COc1ccc2c(c1)[C@H](O[Si](C)(C)C(C)(C)C)[C@H](C(C)C)O[C@@H]2O[Si](C)(C)C(C)(C)C. The van der Waals surface area contributed by atoms with Crippen LogP contribution in [-0.4, -0.2) is 29.8 Å². The predicted octanol–water partition coefficient (Wildman–Crippen LogP) is 7.83. The number of hydrogen-bond acceptors (Lipinski definition) is 4. The molecule has 0 fully saturated rings. The van der Waals surface area contributed by atoms with E-state index in [1.54, 1.807) is 7.11 Å². The number of hydrogen-bond donors (Lipinski definition) is 0. The summed E-state index contributed by atoms with van der Waals surface area (Å²) in [5.74, 6) is 1.14. The fourth-order valence-corrected chi connectivity index (χ4v) is 5.59. The van der Waals surface area contributed by atoms with E-state index in [1.165, 1.54) is 0 Å². The molecular weight excluding hydrogens is 420 g/mol. The lowest BCUT2D eigenvalue weighted by Crippen LogP contribution is -2.49. The second kappa shape index (κ2) is 8.94. The zero-order chi connectivity index (χ0) is 24.0. The number of benzene rings is 1. The molecule has 0 aromatic heterocycles. The van der Waals surface area contributed by atoms with Crippen LogP contribution >= 0.6 is 0 Å². The van der Waals surface area contributed by atoms with Gasteiger partial charge in [-0.2, -0.15) is 0 Å². The van der Waals surface area contributed by atoms with Crippen LogP contribution in [0.4, 0.5) is 0 Å². The van der Waals surface area contributed by atoms with E-state index in [0.29, 0.717) is 5.92 Å². The monoisotopic (exact) mass is 466 g/mol. The first kappa shape index (κ1) is 26.6. The van der Waals surface area contributed by atoms with Crippen LogP contribution in [0.3, 0.4) is 0 Å². The van der Waals surface area contributed by atoms with Gasteiger partial charge in [0.2, 0.25) is 0 Å². The Morgan fingerprint density at radius 1 is 0.839 bits per heavy atom. The molecule has 1 aromatic carbocycles. The second-order valence-electron chi connectivity index (χ2n) is 12.3. The molecule has 0 N–H and O–H groups in total. The summed E-state index contributed by atoms with van der Waals surface area (Å²) in [7, 11) is -2.35. The molecule has 0 saturated heterocycles. The topological polar surface area (TPSA) is 36.9 Å². The summed E-state index contributed by atoms with van der Waals surface area (Å²) in [6.45, 7) is 27.2. The Kier molecular flexibility index (Phi) is 7.66. The van der Waals surface area contributed by atoms with Crippen molar-refractivity contribution in [1.29, 1.82) is 0 Å². The van der Waals surface area contributed by atoms with Crippen molar-refractivity contribution in [1.82, 2.24) is 0 Å². The minimum Gasteiger partial charge on any atom is -0.497 e. The molecule has 0 bridgehead atoms. The van der Waals surface area contributed by atoms with Gasteiger partial charge in [-0.1, -0.05) is 55.4 Å². The Hall–Kier alpha value is -0.666. The molecule has 31 heavy (non-hydrogen) atoms. The minimum absolute atomic E-state index is 0.0801. The van der Waals surface area contributed by atoms with Crippen LogP contribution in [0.1, 0.15) is 78.9 Å². The van der Waals surface area contributed by atoms with Crippen molar-refractivity contribution in [2.75, 3.05) is 7.11 Å². The third-order valence-electron chi connectivity index (χ3n) is 7.53. The molecule has 3 atom stereocenters. The first-order valence-electron chi connectivity index (χ1n) is 11.6. The molecular formula is C25H46O4Si2. The average molecular weight is 467 g/mol. The highest BCUT2D eigenvalue weighted by molar-refractivity contribution is 6.74. The summed E-state index contributed by atoms with van der Waals surface area (Å²) >= 11 is 0. The van der Waals surface area contributed by atoms with Crippen molar-refractivity contribution in [3.05, 3.63) is 29.3 Å². The van der Waals surface area contributed by atoms with Crippen LogP contribution < -0.4 is 4.74 Å². The number of fused-ring (bicyclic) bond motifs is 1. The summed E-state index contributed by atoms with van der Waals surface area (Å²) in [5, 5.41) is 0.215. The van der Waals surface area contributed by atoms with Crippen molar-refractivity contribution >= 4 is 16.6 Å². The summed E-state index contributed by atoms with van der Waals surface area (Å²) in [6.07, 6.45) is -0.595. The van der Waals surface area contributed by atoms with E-state index in [0.717, 1.165) is 16.9 Å². The van der Waals surface area contributed by atoms with Crippen LogP contribution in [0, 0.1) is 5.92 Å². The summed E-state index contributed by atoms with van der Waals surface area (Å²) in [4.78, 5) is 0. The Morgan fingerprint density at radius 2 is 1.35 bits per heavy atom. The fraction of sp³-hybridized carbons (Fsp3) is 0.760. The Bertz CT molecular complexity index is 760. The van der Waals surface area contributed by atoms with Crippen LogP contribution in [0.15, 0.2) is 18.2 Å². The molecule has 1 heterocycles. The lowest BCUT2D eigenvalue weighted by Gasteiger charge is -2.48. The molecule has 178 valence electrons. The van der Waals surface area contributed by atoms with E-state index in [4.69, 9.17) is 18.3 Å². The van der Waals surface area contributed by atoms with Gasteiger partial charge in [-0.3, -0.25) is 0 Å². The number of methoxy groups -OCH3 is 1. The van der Waals surface area contributed by atoms with Gasteiger partial charge in [0.25, 0.3) is 0 Å². The quantitative estimate of drug-likeness (QED) is 0.400. The van der Waals surface area contributed by atoms with Gasteiger partial charge < -0.3 is 18.3 Å². The molecule has 0 aliphatic carbocycles. The highest BCUT2D eigenvalue weighted by Gasteiger charge is 2.48. The van der Waals surface area contributed by atoms with Crippen LogP contribution in [-0.2, 0) is 13.6 Å². The Morgan fingerprint density at radius 3 is 1.81 bits per heavy atom. The van der Waals surface area contributed by atoms with Gasteiger partial charge in [-0.05, 0) is 65.9 Å². The summed E-state index contributed by atoms with van der Waals surface area (Å²) in [6, 6.07) is 6.24. The lowest BCUT2D eigenvalue weighted by molar-refractivity contribution is -0.187. The van der Waals surface area contributed by atoms with Crippen LogP contribution in [0.25, 0.3) is 0 Å². The maximum atomic E-state index is 7.00. The van der Waals surface area contributed by atoms with Crippen molar-refractivity contribution in [3.63, 3.8) is 0 Å². The third kappa shape index (κ3) is 5.64. The maximum absolute atomic E-state index is 7.00. The van der Waals surface area contributed by atoms with E-state index >= 15 is 0 Å². The smallest absolute Gasteiger partial charge is 0.195 e. The van der Waals surface area contributed by atoms with Crippen molar-refractivity contribution in [2.45, 2.75) is 110 Å². The van der Waals surface area contributed by atoms with E-state index < -0.39 is 16.6 Å². The summed E-state index contributed by atoms with van der Waals surface area (Å²) < 4.78 is 26.1. The third-order valence-corrected chi connectivity index (χ3v) is 16.4. The summed E-state index contributed by atoms with van der Waals surface area (Å²) in [5.41, 5.74) is 2.23. The maximum Gasteiger partial charge on any atom is 0.195 e. The van der Waals surface area contributed by atoms with Crippen LogP contribution in [0.2, 0.25) is 36.3 Å². The zero-order valence-electron chi connectivity index (χ0n) is 22.2. The molecule has 0 saturated carbocycles. The normalized spacial score (nSPS) is 23.1. The molecule has 2 rings (SSSR count). The first-order valence-corrected chi connectivity index (χ1v) is 17.4. The first-order chi connectivity index (χ1) is 13.9. The van der Waals surface area contributed by atoms with Gasteiger partial charge in [-0.25, -0.2) is 0 Å². The molecule has 0 spiro atoms. The van der Waals surface area contributed by atoms with Crippen molar-refractivity contribution in [3.8, 4) is 5.75 Å². The molecule has 0 unspecified atom stereocenters. The van der Waals surface area contributed by atoms with Gasteiger partial charge in [-0.15, -0.1) is 0 Å². The van der Waals surface area contributed by atoms with Gasteiger partial charge >= 0.3 is 0 Å². The number of ether oxygens (including phenoxy) is 2. The van der Waals surface area contributed by atoms with Gasteiger partial charge in [0.1, 0.15) is 5.75 Å². The fourth-order valence-electron chi connectivity index (χ4n) is 3.27. The van der Waals surface area contributed by atoms with Gasteiger partial charge in [0, 0.05) is 5.56 Å². The molecule has 6 heteroatoms. The molecule has 0 amide bonds. The van der Waals surface area contributed by atoms with Gasteiger partial charge in [0.15, 0.2) is 22.9 Å². The van der Waals surface area contributed by atoms with Crippen molar-refractivity contribution < 1.29 is 18.3 Å². The average Bonchev–Trinajstić information content (AvgIpc) is 2.60. The molecule has 1 aliphatic rings. The molecule has 1 aromatic rings. The Balaban J connectivity index is 2.59.